The van der Waals surface area contributed by atoms with Crippen molar-refractivity contribution in [3.8, 4) is 0 Å². The molecule has 156 valence electrons. The molecule has 2 saturated heterocycles. The topological polar surface area (TPSA) is 74.8 Å². The highest BCUT2D eigenvalue weighted by Crippen LogP contribution is 2.18. The molecule has 1 aromatic rings. The Kier molecular flexibility index (Phi) is 8.24. The Morgan fingerprint density at radius 1 is 1.36 bits per heavy atom. The van der Waals surface area contributed by atoms with Gasteiger partial charge in [-0.05, 0) is 19.3 Å². The molecule has 1 atom stereocenters. The molecular formula is C20H32N4O3S. The first-order chi connectivity index (χ1) is 13.7. The van der Waals surface area contributed by atoms with Crippen molar-refractivity contribution in [3.05, 3.63) is 16.1 Å². The van der Waals surface area contributed by atoms with Crippen LogP contribution in [0.5, 0.6) is 0 Å². The van der Waals surface area contributed by atoms with E-state index in [1.807, 2.05) is 4.90 Å². The molecule has 0 aromatic carbocycles. The van der Waals surface area contributed by atoms with Gasteiger partial charge in [-0.2, -0.15) is 0 Å². The van der Waals surface area contributed by atoms with Crippen molar-refractivity contribution in [1.29, 1.82) is 0 Å². The summed E-state index contributed by atoms with van der Waals surface area (Å²) in [6.07, 6.45) is 3.79. The maximum absolute atomic E-state index is 12.5. The Balaban J connectivity index is 1.37. The van der Waals surface area contributed by atoms with Crippen molar-refractivity contribution in [2.75, 3.05) is 52.5 Å². The molecule has 0 spiro atoms. The first-order valence-corrected chi connectivity index (χ1v) is 11.3. The smallest absolute Gasteiger partial charge is 0.224 e. The zero-order valence-electron chi connectivity index (χ0n) is 16.8. The maximum Gasteiger partial charge on any atom is 0.224 e. The van der Waals surface area contributed by atoms with Crippen LogP contribution < -0.4 is 5.32 Å². The van der Waals surface area contributed by atoms with E-state index in [9.17, 15) is 9.59 Å². The summed E-state index contributed by atoms with van der Waals surface area (Å²) in [4.78, 5) is 33.6. The molecule has 0 bridgehead atoms. The van der Waals surface area contributed by atoms with Crippen molar-refractivity contribution in [1.82, 2.24) is 20.1 Å². The standard InChI is InChI=1S/C20H32N4O3S/c1-2-17-15-28-18(22-17)6-7-21-20(26)16-4-5-19(25)24(14-16)9-3-8-23-10-12-27-13-11-23/h15-16H,2-14H2,1H3,(H,21,26)/t16-/m0/s1. The quantitative estimate of drug-likeness (QED) is 0.667. The van der Waals surface area contributed by atoms with Crippen LogP contribution in [-0.4, -0.2) is 79.1 Å². The number of thiazole rings is 1. The van der Waals surface area contributed by atoms with E-state index < -0.39 is 0 Å². The zero-order chi connectivity index (χ0) is 19.8. The molecule has 0 saturated carbocycles. The van der Waals surface area contributed by atoms with E-state index in [0.717, 1.165) is 69.4 Å². The maximum atomic E-state index is 12.5. The molecule has 3 rings (SSSR count). The summed E-state index contributed by atoms with van der Waals surface area (Å²) in [7, 11) is 0. The number of carbonyl (C=O) groups excluding carboxylic acids is 2. The minimum Gasteiger partial charge on any atom is -0.379 e. The molecular weight excluding hydrogens is 376 g/mol. The average molecular weight is 409 g/mol. The Morgan fingerprint density at radius 3 is 2.93 bits per heavy atom. The number of hydrogen-bond donors (Lipinski definition) is 1. The van der Waals surface area contributed by atoms with Crippen LogP contribution in [0.2, 0.25) is 0 Å². The number of aryl methyl sites for hydroxylation is 1. The van der Waals surface area contributed by atoms with Gasteiger partial charge in [0.15, 0.2) is 0 Å². The summed E-state index contributed by atoms with van der Waals surface area (Å²) in [6.45, 7) is 8.50. The third kappa shape index (κ3) is 6.25. The number of piperidine rings is 1. The third-order valence-corrected chi connectivity index (χ3v) is 6.43. The fraction of sp³-hybridized carbons (Fsp3) is 0.750. The monoisotopic (exact) mass is 408 g/mol. The number of ether oxygens (including phenoxy) is 1. The van der Waals surface area contributed by atoms with E-state index in [2.05, 4.69) is 27.5 Å². The molecule has 0 unspecified atom stereocenters. The van der Waals surface area contributed by atoms with Gasteiger partial charge >= 0.3 is 0 Å². The molecule has 28 heavy (non-hydrogen) atoms. The Hall–Kier alpha value is -1.51. The second-order valence-electron chi connectivity index (χ2n) is 7.51. The fourth-order valence-electron chi connectivity index (χ4n) is 3.72. The van der Waals surface area contributed by atoms with Gasteiger partial charge in [0.1, 0.15) is 0 Å². The van der Waals surface area contributed by atoms with Gasteiger partial charge in [-0.25, -0.2) is 4.98 Å². The van der Waals surface area contributed by atoms with E-state index in [1.54, 1.807) is 11.3 Å². The van der Waals surface area contributed by atoms with Crippen molar-refractivity contribution < 1.29 is 14.3 Å². The largest absolute Gasteiger partial charge is 0.379 e. The van der Waals surface area contributed by atoms with Crippen molar-refractivity contribution in [2.45, 2.75) is 39.0 Å². The van der Waals surface area contributed by atoms with Gasteiger partial charge in [-0.3, -0.25) is 14.5 Å². The Labute approximate surface area is 171 Å². The molecule has 2 fully saturated rings. The molecule has 7 nitrogen and oxygen atoms in total. The SMILES string of the molecule is CCc1csc(CCNC(=O)[C@H]2CCC(=O)N(CCCN3CCOCC3)C2)n1. The van der Waals surface area contributed by atoms with Crippen molar-refractivity contribution >= 4 is 23.2 Å². The second-order valence-corrected chi connectivity index (χ2v) is 8.45. The van der Waals surface area contributed by atoms with Crippen LogP contribution in [-0.2, 0) is 27.2 Å². The highest BCUT2D eigenvalue weighted by molar-refractivity contribution is 7.09. The number of aromatic nitrogens is 1. The number of likely N-dealkylation sites (tertiary alicyclic amines) is 1. The minimum absolute atomic E-state index is 0.0675. The van der Waals surface area contributed by atoms with E-state index >= 15 is 0 Å². The van der Waals surface area contributed by atoms with Crippen LogP contribution in [0.4, 0.5) is 0 Å². The zero-order valence-corrected chi connectivity index (χ0v) is 17.6. The second kappa shape index (κ2) is 10.9. The molecule has 3 heterocycles. The first-order valence-electron chi connectivity index (χ1n) is 10.4. The highest BCUT2D eigenvalue weighted by atomic mass is 32.1. The van der Waals surface area contributed by atoms with E-state index in [-0.39, 0.29) is 17.7 Å². The normalized spacial score (nSPS) is 21.1. The lowest BCUT2D eigenvalue weighted by Gasteiger charge is -2.33. The lowest BCUT2D eigenvalue weighted by atomic mass is 9.96. The van der Waals surface area contributed by atoms with E-state index in [0.29, 0.717) is 25.9 Å². The molecule has 1 N–H and O–H groups in total. The number of nitrogens with one attached hydrogen (secondary N) is 1. The number of rotatable bonds is 9. The molecule has 2 aliphatic heterocycles. The Bertz CT molecular complexity index is 645. The third-order valence-electron chi connectivity index (χ3n) is 5.48. The number of amides is 2. The minimum atomic E-state index is -0.0939. The van der Waals surface area contributed by atoms with Crippen molar-refractivity contribution in [2.24, 2.45) is 5.92 Å². The van der Waals surface area contributed by atoms with Crippen LogP contribution in [0.25, 0.3) is 0 Å². The number of morpholine rings is 1. The van der Waals surface area contributed by atoms with Gasteiger partial charge in [0.25, 0.3) is 0 Å². The summed E-state index contributed by atoms with van der Waals surface area (Å²) in [5, 5.41) is 6.19. The molecule has 1 aromatic heterocycles. The van der Waals surface area contributed by atoms with Gasteiger partial charge < -0.3 is 15.0 Å². The van der Waals surface area contributed by atoms with Crippen LogP contribution in [0.3, 0.4) is 0 Å². The molecule has 8 heteroatoms. The van der Waals surface area contributed by atoms with E-state index in [4.69, 9.17) is 4.74 Å². The lowest BCUT2D eigenvalue weighted by Crippen LogP contribution is -2.47. The van der Waals surface area contributed by atoms with Crippen LogP contribution in [0.15, 0.2) is 5.38 Å². The van der Waals surface area contributed by atoms with Crippen LogP contribution >= 0.6 is 11.3 Å². The van der Waals surface area contributed by atoms with Gasteiger partial charge in [-0.1, -0.05) is 6.92 Å². The molecule has 0 aliphatic carbocycles. The Morgan fingerprint density at radius 2 is 2.18 bits per heavy atom. The van der Waals surface area contributed by atoms with Gasteiger partial charge in [0.05, 0.1) is 29.8 Å². The van der Waals surface area contributed by atoms with Crippen LogP contribution in [0.1, 0.15) is 36.9 Å². The fourth-order valence-corrected chi connectivity index (χ4v) is 4.60. The molecule has 2 amide bonds. The van der Waals surface area contributed by atoms with Crippen molar-refractivity contribution in [3.63, 3.8) is 0 Å². The van der Waals surface area contributed by atoms with Gasteiger partial charge in [0, 0.05) is 57.5 Å². The summed E-state index contributed by atoms with van der Waals surface area (Å²) in [5.74, 6) is 0.155. The van der Waals surface area contributed by atoms with E-state index in [1.165, 1.54) is 0 Å². The summed E-state index contributed by atoms with van der Waals surface area (Å²) >= 11 is 1.66. The average Bonchev–Trinajstić information content (AvgIpc) is 3.18. The number of carbonyl (C=O) groups is 2. The summed E-state index contributed by atoms with van der Waals surface area (Å²) in [6, 6.07) is 0. The number of hydrogen-bond acceptors (Lipinski definition) is 6. The van der Waals surface area contributed by atoms with Gasteiger partial charge in [-0.15, -0.1) is 11.3 Å². The molecule has 2 aliphatic rings. The van der Waals surface area contributed by atoms with Crippen LogP contribution in [0, 0.1) is 5.92 Å². The highest BCUT2D eigenvalue weighted by Gasteiger charge is 2.29. The predicted molar refractivity (Wildman–Crippen MR) is 109 cm³/mol. The lowest BCUT2D eigenvalue weighted by molar-refractivity contribution is -0.138. The summed E-state index contributed by atoms with van der Waals surface area (Å²) < 4.78 is 5.37. The molecule has 0 radical (unpaired) electrons. The predicted octanol–water partition coefficient (Wildman–Crippen LogP) is 1.33. The number of nitrogens with zero attached hydrogens (tertiary/aromatic N) is 3. The summed E-state index contributed by atoms with van der Waals surface area (Å²) in [5.41, 5.74) is 1.12. The van der Waals surface area contributed by atoms with Gasteiger partial charge in [0.2, 0.25) is 11.8 Å². The first kappa shape index (κ1) is 21.2.